The second kappa shape index (κ2) is 12.9. The van der Waals surface area contributed by atoms with Gasteiger partial charge in [-0.25, -0.2) is 0 Å². The molecule has 0 fully saturated rings. The Morgan fingerprint density at radius 2 is 1.56 bits per heavy atom. The monoisotopic (exact) mass is 375 g/mol. The number of carbonyl (C=O) groups is 3. The molecule has 1 rings (SSSR count). The molecule has 0 radical (unpaired) electrons. The molecule has 150 valence electrons. The molecule has 0 bridgehead atoms. The lowest BCUT2D eigenvalue weighted by Crippen LogP contribution is -2.51. The van der Waals surface area contributed by atoms with Crippen LogP contribution >= 0.6 is 0 Å². The fourth-order valence-electron chi connectivity index (χ4n) is 2.73. The van der Waals surface area contributed by atoms with Crippen LogP contribution in [0.4, 0.5) is 0 Å². The van der Waals surface area contributed by atoms with Gasteiger partial charge in [0.2, 0.25) is 11.8 Å². The highest BCUT2D eigenvalue weighted by atomic mass is 16.2. The van der Waals surface area contributed by atoms with Crippen molar-refractivity contribution in [1.82, 2.24) is 10.6 Å². The number of benzene rings is 1. The second-order valence-electron chi connectivity index (χ2n) is 6.97. The quantitative estimate of drug-likeness (QED) is 0.462. The van der Waals surface area contributed by atoms with E-state index in [2.05, 4.69) is 17.6 Å². The standard InChI is InChI=1S/C21H33N3O3/c1-3-4-5-6-7-8-9-10-19(25)24-18(20(22)26)15-23-21(27)17-13-11-16(2)12-14-17/h11-14,18H,3-10,15H2,1-2H3,(H2,22,26)(H,23,27)(H,24,25)/t18-/m0/s1. The first kappa shape index (κ1) is 22.7. The maximum absolute atomic E-state index is 12.1. The summed E-state index contributed by atoms with van der Waals surface area (Å²) in [6.45, 7) is 4.10. The van der Waals surface area contributed by atoms with Gasteiger partial charge in [0.1, 0.15) is 6.04 Å². The van der Waals surface area contributed by atoms with Crippen LogP contribution in [0.3, 0.4) is 0 Å². The van der Waals surface area contributed by atoms with Crippen LogP contribution in [0.1, 0.15) is 74.2 Å². The van der Waals surface area contributed by atoms with E-state index < -0.39 is 11.9 Å². The minimum Gasteiger partial charge on any atom is -0.368 e. The lowest BCUT2D eigenvalue weighted by molar-refractivity contribution is -0.127. The maximum atomic E-state index is 12.1. The number of hydrogen-bond donors (Lipinski definition) is 3. The molecule has 0 heterocycles. The van der Waals surface area contributed by atoms with Gasteiger partial charge in [0.05, 0.1) is 0 Å². The van der Waals surface area contributed by atoms with Crippen molar-refractivity contribution in [3.8, 4) is 0 Å². The fourth-order valence-corrected chi connectivity index (χ4v) is 2.73. The highest BCUT2D eigenvalue weighted by molar-refractivity contribution is 5.95. The van der Waals surface area contributed by atoms with Gasteiger partial charge >= 0.3 is 0 Å². The van der Waals surface area contributed by atoms with Gasteiger partial charge in [-0.3, -0.25) is 14.4 Å². The van der Waals surface area contributed by atoms with Gasteiger partial charge in [-0.2, -0.15) is 0 Å². The summed E-state index contributed by atoms with van der Waals surface area (Å²) in [6, 6.07) is 6.19. The van der Waals surface area contributed by atoms with Crippen molar-refractivity contribution in [2.75, 3.05) is 6.54 Å². The zero-order valence-corrected chi connectivity index (χ0v) is 16.6. The molecule has 0 aromatic heterocycles. The first-order valence-corrected chi connectivity index (χ1v) is 9.87. The zero-order valence-electron chi connectivity index (χ0n) is 16.6. The molecule has 6 heteroatoms. The maximum Gasteiger partial charge on any atom is 0.251 e. The minimum absolute atomic E-state index is 0.0230. The van der Waals surface area contributed by atoms with E-state index in [0.29, 0.717) is 12.0 Å². The number of primary amides is 1. The van der Waals surface area contributed by atoms with E-state index in [1.807, 2.05) is 19.1 Å². The predicted molar refractivity (Wildman–Crippen MR) is 107 cm³/mol. The second-order valence-corrected chi connectivity index (χ2v) is 6.97. The summed E-state index contributed by atoms with van der Waals surface area (Å²) in [7, 11) is 0. The Balaban J connectivity index is 2.32. The largest absolute Gasteiger partial charge is 0.368 e. The molecule has 4 N–H and O–H groups in total. The van der Waals surface area contributed by atoms with E-state index in [1.54, 1.807) is 12.1 Å². The van der Waals surface area contributed by atoms with Crippen LogP contribution < -0.4 is 16.4 Å². The SMILES string of the molecule is CCCCCCCCCC(=O)N[C@@H](CNC(=O)c1ccc(C)cc1)C(N)=O. The zero-order chi connectivity index (χ0) is 20.1. The Morgan fingerprint density at radius 1 is 0.963 bits per heavy atom. The summed E-state index contributed by atoms with van der Waals surface area (Å²) in [4.78, 5) is 35.7. The molecule has 27 heavy (non-hydrogen) atoms. The number of aryl methyl sites for hydroxylation is 1. The summed E-state index contributed by atoms with van der Waals surface area (Å²) in [5.74, 6) is -1.17. The minimum atomic E-state index is -0.906. The van der Waals surface area contributed by atoms with Gasteiger partial charge in [-0.1, -0.05) is 63.1 Å². The van der Waals surface area contributed by atoms with E-state index in [0.717, 1.165) is 24.8 Å². The van der Waals surface area contributed by atoms with Crippen molar-refractivity contribution in [2.45, 2.75) is 71.3 Å². The van der Waals surface area contributed by atoms with Gasteiger partial charge in [0, 0.05) is 18.5 Å². The van der Waals surface area contributed by atoms with Crippen LogP contribution in [0.25, 0.3) is 0 Å². The van der Waals surface area contributed by atoms with Crippen LogP contribution in [-0.2, 0) is 9.59 Å². The number of rotatable bonds is 13. The first-order valence-electron chi connectivity index (χ1n) is 9.87. The molecule has 1 aromatic carbocycles. The van der Waals surface area contributed by atoms with E-state index >= 15 is 0 Å². The Labute approximate surface area is 162 Å². The topological polar surface area (TPSA) is 101 Å². The summed E-state index contributed by atoms with van der Waals surface area (Å²) in [6.07, 6.45) is 8.20. The van der Waals surface area contributed by atoms with Gasteiger partial charge in [-0.15, -0.1) is 0 Å². The average molecular weight is 376 g/mol. The molecule has 1 atom stereocenters. The molecule has 0 saturated carbocycles. The molecular weight excluding hydrogens is 342 g/mol. The van der Waals surface area contributed by atoms with Crippen molar-refractivity contribution >= 4 is 17.7 Å². The number of nitrogens with two attached hydrogens (primary N) is 1. The molecule has 0 saturated heterocycles. The normalized spacial score (nSPS) is 11.6. The van der Waals surface area contributed by atoms with Crippen LogP contribution in [0.15, 0.2) is 24.3 Å². The Kier molecular flexibility index (Phi) is 10.8. The van der Waals surface area contributed by atoms with Gasteiger partial charge < -0.3 is 16.4 Å². The summed E-state index contributed by atoms with van der Waals surface area (Å²) < 4.78 is 0. The number of hydrogen-bond acceptors (Lipinski definition) is 3. The summed E-state index contributed by atoms with van der Waals surface area (Å²) >= 11 is 0. The number of amides is 3. The molecule has 3 amide bonds. The molecule has 6 nitrogen and oxygen atoms in total. The van der Waals surface area contributed by atoms with Crippen LogP contribution in [0.2, 0.25) is 0 Å². The molecule has 0 aliphatic heterocycles. The van der Waals surface area contributed by atoms with Crippen molar-refractivity contribution in [3.05, 3.63) is 35.4 Å². The predicted octanol–water partition coefficient (Wildman–Crippen LogP) is 2.84. The molecule has 0 aliphatic rings. The highest BCUT2D eigenvalue weighted by Gasteiger charge is 2.19. The molecule has 0 spiro atoms. The molecular formula is C21H33N3O3. The Hall–Kier alpha value is -2.37. The van der Waals surface area contributed by atoms with Gasteiger partial charge in [-0.05, 0) is 25.5 Å². The van der Waals surface area contributed by atoms with Crippen LogP contribution in [-0.4, -0.2) is 30.3 Å². The van der Waals surface area contributed by atoms with Gasteiger partial charge in [0.25, 0.3) is 5.91 Å². The lowest BCUT2D eigenvalue weighted by atomic mass is 10.1. The third-order valence-electron chi connectivity index (χ3n) is 4.47. The Morgan fingerprint density at radius 3 is 2.15 bits per heavy atom. The third kappa shape index (κ3) is 9.78. The Bertz CT molecular complexity index is 599. The van der Waals surface area contributed by atoms with E-state index in [-0.39, 0.29) is 18.4 Å². The van der Waals surface area contributed by atoms with Crippen LogP contribution in [0, 0.1) is 6.92 Å². The number of nitrogens with one attached hydrogen (secondary N) is 2. The van der Waals surface area contributed by atoms with Crippen molar-refractivity contribution in [2.24, 2.45) is 5.73 Å². The summed E-state index contributed by atoms with van der Waals surface area (Å²) in [5, 5.41) is 5.26. The highest BCUT2D eigenvalue weighted by Crippen LogP contribution is 2.08. The van der Waals surface area contributed by atoms with Crippen molar-refractivity contribution in [1.29, 1.82) is 0 Å². The number of unbranched alkanes of at least 4 members (excludes halogenated alkanes) is 6. The fraction of sp³-hybridized carbons (Fsp3) is 0.571. The van der Waals surface area contributed by atoms with Crippen molar-refractivity contribution < 1.29 is 14.4 Å². The van der Waals surface area contributed by atoms with E-state index in [4.69, 9.17) is 5.73 Å². The van der Waals surface area contributed by atoms with E-state index in [9.17, 15) is 14.4 Å². The lowest BCUT2D eigenvalue weighted by Gasteiger charge is -2.16. The molecule has 0 unspecified atom stereocenters. The van der Waals surface area contributed by atoms with Crippen LogP contribution in [0.5, 0.6) is 0 Å². The number of carbonyl (C=O) groups excluding carboxylic acids is 3. The van der Waals surface area contributed by atoms with Gasteiger partial charge in [0.15, 0.2) is 0 Å². The van der Waals surface area contributed by atoms with Crippen molar-refractivity contribution in [3.63, 3.8) is 0 Å². The first-order chi connectivity index (χ1) is 12.9. The third-order valence-corrected chi connectivity index (χ3v) is 4.47. The van der Waals surface area contributed by atoms with E-state index in [1.165, 1.54) is 25.7 Å². The molecule has 1 aromatic rings. The molecule has 0 aliphatic carbocycles. The average Bonchev–Trinajstić information content (AvgIpc) is 2.64. The smallest absolute Gasteiger partial charge is 0.251 e. The summed E-state index contributed by atoms with van der Waals surface area (Å²) in [5.41, 5.74) is 6.90.